The van der Waals surface area contributed by atoms with Gasteiger partial charge in [0.25, 0.3) is 0 Å². The van der Waals surface area contributed by atoms with E-state index < -0.39 is 0 Å². The van der Waals surface area contributed by atoms with E-state index in [9.17, 15) is 9.90 Å². The van der Waals surface area contributed by atoms with Crippen molar-refractivity contribution in [3.8, 4) is 5.75 Å². The number of Topliss-reactive ketones (excluding diaryl/α,β-unsaturated/α-hetero) is 1. The van der Waals surface area contributed by atoms with E-state index in [0.29, 0.717) is 5.56 Å². The molecule has 0 aliphatic carbocycles. The Kier molecular flexibility index (Phi) is 7.24. The van der Waals surface area contributed by atoms with Crippen molar-refractivity contribution < 1.29 is 9.90 Å². The zero-order chi connectivity index (χ0) is 14.1. The summed E-state index contributed by atoms with van der Waals surface area (Å²) in [4.78, 5) is 11.3. The highest BCUT2D eigenvalue weighted by Crippen LogP contribution is 2.20. The van der Waals surface area contributed by atoms with E-state index >= 15 is 0 Å². The van der Waals surface area contributed by atoms with Crippen LogP contribution in [-0.2, 0) is 6.42 Å². The van der Waals surface area contributed by atoms with Gasteiger partial charge < -0.3 is 5.11 Å². The summed E-state index contributed by atoms with van der Waals surface area (Å²) in [5, 5.41) is 9.58. The second-order valence-electron chi connectivity index (χ2n) is 5.28. The average molecular weight is 262 g/mol. The summed E-state index contributed by atoms with van der Waals surface area (Å²) in [6, 6.07) is 5.38. The normalized spacial score (nSPS) is 10.6. The molecule has 0 aromatic heterocycles. The first-order valence-corrected chi connectivity index (χ1v) is 7.48. The lowest BCUT2D eigenvalue weighted by atomic mass is 10.0. The van der Waals surface area contributed by atoms with Crippen LogP contribution in [0.15, 0.2) is 18.2 Å². The quantitative estimate of drug-likeness (QED) is 0.508. The lowest BCUT2D eigenvalue weighted by Gasteiger charge is -2.05. The van der Waals surface area contributed by atoms with Crippen LogP contribution in [0.25, 0.3) is 0 Å². The van der Waals surface area contributed by atoms with Crippen LogP contribution in [0, 0.1) is 0 Å². The number of aromatic hydroxyl groups is 1. The molecule has 1 rings (SSSR count). The Hall–Kier alpha value is -1.31. The molecule has 0 bridgehead atoms. The van der Waals surface area contributed by atoms with Crippen molar-refractivity contribution in [1.82, 2.24) is 0 Å². The summed E-state index contributed by atoms with van der Waals surface area (Å²) >= 11 is 0. The van der Waals surface area contributed by atoms with Gasteiger partial charge in [-0.05, 0) is 37.5 Å². The second kappa shape index (κ2) is 8.73. The first kappa shape index (κ1) is 15.7. The van der Waals surface area contributed by atoms with E-state index in [1.807, 2.05) is 12.1 Å². The smallest absolute Gasteiger partial charge is 0.163 e. The maximum Gasteiger partial charge on any atom is 0.163 e. The van der Waals surface area contributed by atoms with Crippen molar-refractivity contribution in [1.29, 1.82) is 0 Å². The Labute approximate surface area is 116 Å². The average Bonchev–Trinajstić information content (AvgIpc) is 2.39. The number of ketones is 1. The molecule has 0 fully saturated rings. The summed E-state index contributed by atoms with van der Waals surface area (Å²) in [6.45, 7) is 3.73. The van der Waals surface area contributed by atoms with Crippen molar-refractivity contribution >= 4 is 5.78 Å². The van der Waals surface area contributed by atoms with Crippen LogP contribution < -0.4 is 0 Å². The third kappa shape index (κ3) is 5.91. The van der Waals surface area contributed by atoms with E-state index in [-0.39, 0.29) is 11.5 Å². The number of hydrogen-bond acceptors (Lipinski definition) is 2. The number of hydrogen-bond donors (Lipinski definition) is 1. The Morgan fingerprint density at radius 1 is 1.05 bits per heavy atom. The number of benzene rings is 1. The molecule has 19 heavy (non-hydrogen) atoms. The first-order chi connectivity index (χ1) is 9.15. The molecule has 0 heterocycles. The van der Waals surface area contributed by atoms with Gasteiger partial charge in [-0.2, -0.15) is 0 Å². The third-order valence-corrected chi connectivity index (χ3v) is 3.51. The van der Waals surface area contributed by atoms with Gasteiger partial charge in [-0.3, -0.25) is 4.79 Å². The monoisotopic (exact) mass is 262 g/mol. The maximum absolute atomic E-state index is 11.3. The number of rotatable bonds is 9. The van der Waals surface area contributed by atoms with E-state index in [1.165, 1.54) is 45.4 Å². The molecule has 0 radical (unpaired) electrons. The minimum atomic E-state index is -0.0704. The summed E-state index contributed by atoms with van der Waals surface area (Å²) < 4.78 is 0. The lowest BCUT2D eigenvalue weighted by molar-refractivity contribution is 0.101. The fraction of sp³-hybridized carbons (Fsp3) is 0.588. The van der Waals surface area contributed by atoms with Crippen molar-refractivity contribution in [2.45, 2.75) is 65.2 Å². The predicted octanol–water partition coefficient (Wildman–Crippen LogP) is 4.89. The molecule has 2 nitrogen and oxygen atoms in total. The molecular formula is C17H26O2. The van der Waals surface area contributed by atoms with Crippen LogP contribution in [0.2, 0.25) is 0 Å². The zero-order valence-electron chi connectivity index (χ0n) is 12.2. The number of phenols is 1. The van der Waals surface area contributed by atoms with Crippen molar-refractivity contribution in [2.75, 3.05) is 0 Å². The molecule has 2 heteroatoms. The largest absolute Gasteiger partial charge is 0.507 e. The van der Waals surface area contributed by atoms with Crippen LogP contribution >= 0.6 is 0 Å². The molecular weight excluding hydrogens is 236 g/mol. The molecule has 0 atom stereocenters. The van der Waals surface area contributed by atoms with Gasteiger partial charge in [0.2, 0.25) is 0 Å². The van der Waals surface area contributed by atoms with E-state index in [0.717, 1.165) is 18.4 Å². The number of carbonyl (C=O) groups excluding carboxylic acids is 1. The van der Waals surface area contributed by atoms with Crippen LogP contribution in [0.4, 0.5) is 0 Å². The van der Waals surface area contributed by atoms with E-state index in [4.69, 9.17) is 0 Å². The number of unbranched alkanes of at least 4 members (excludes halogenated alkanes) is 6. The van der Waals surface area contributed by atoms with Gasteiger partial charge >= 0.3 is 0 Å². The van der Waals surface area contributed by atoms with Gasteiger partial charge in [-0.25, -0.2) is 0 Å². The molecule has 1 N–H and O–H groups in total. The summed E-state index contributed by atoms with van der Waals surface area (Å²) in [5.41, 5.74) is 1.59. The van der Waals surface area contributed by atoms with Crippen LogP contribution in [0.1, 0.15) is 74.7 Å². The highest BCUT2D eigenvalue weighted by Gasteiger charge is 2.07. The van der Waals surface area contributed by atoms with Crippen molar-refractivity contribution in [3.05, 3.63) is 29.3 Å². The van der Waals surface area contributed by atoms with E-state index in [1.54, 1.807) is 6.07 Å². The first-order valence-electron chi connectivity index (χ1n) is 7.48. The Balaban J connectivity index is 2.30. The highest BCUT2D eigenvalue weighted by molar-refractivity contribution is 5.96. The molecule has 0 unspecified atom stereocenters. The lowest BCUT2D eigenvalue weighted by Crippen LogP contribution is -1.95. The van der Waals surface area contributed by atoms with Crippen LogP contribution in [-0.4, -0.2) is 10.9 Å². The molecule has 0 aliphatic rings. The van der Waals surface area contributed by atoms with Gasteiger partial charge in [-0.15, -0.1) is 0 Å². The SMILES string of the molecule is CCCCCCCCCc1ccc(O)c(C(C)=O)c1. The van der Waals surface area contributed by atoms with Gasteiger partial charge in [-0.1, -0.05) is 51.5 Å². The number of phenolic OH excluding ortho intramolecular Hbond substituents is 1. The van der Waals surface area contributed by atoms with Crippen molar-refractivity contribution in [3.63, 3.8) is 0 Å². The predicted molar refractivity (Wildman–Crippen MR) is 79.8 cm³/mol. The Morgan fingerprint density at radius 2 is 1.68 bits per heavy atom. The topological polar surface area (TPSA) is 37.3 Å². The van der Waals surface area contributed by atoms with Crippen LogP contribution in [0.3, 0.4) is 0 Å². The second-order valence-corrected chi connectivity index (χ2v) is 5.28. The Morgan fingerprint density at radius 3 is 2.32 bits per heavy atom. The van der Waals surface area contributed by atoms with Gasteiger partial charge in [0, 0.05) is 0 Å². The number of aryl methyl sites for hydroxylation is 1. The zero-order valence-corrected chi connectivity index (χ0v) is 12.2. The minimum Gasteiger partial charge on any atom is -0.507 e. The summed E-state index contributed by atoms with van der Waals surface area (Å²) in [5.74, 6) is 0.0229. The highest BCUT2D eigenvalue weighted by atomic mass is 16.3. The standard InChI is InChI=1S/C17H26O2/c1-3-4-5-6-7-8-9-10-15-11-12-17(19)16(13-15)14(2)18/h11-13,19H,3-10H2,1-2H3. The fourth-order valence-corrected chi connectivity index (χ4v) is 2.31. The molecule has 0 aliphatic heterocycles. The van der Waals surface area contributed by atoms with Crippen molar-refractivity contribution in [2.24, 2.45) is 0 Å². The van der Waals surface area contributed by atoms with E-state index in [2.05, 4.69) is 6.92 Å². The number of carbonyl (C=O) groups is 1. The molecule has 0 amide bonds. The molecule has 0 saturated carbocycles. The van der Waals surface area contributed by atoms with Gasteiger partial charge in [0.05, 0.1) is 5.56 Å². The maximum atomic E-state index is 11.3. The molecule has 1 aromatic carbocycles. The fourth-order valence-electron chi connectivity index (χ4n) is 2.31. The molecule has 0 spiro atoms. The third-order valence-electron chi connectivity index (χ3n) is 3.51. The summed E-state index contributed by atoms with van der Waals surface area (Å²) in [6.07, 6.45) is 10.0. The molecule has 0 saturated heterocycles. The molecule has 106 valence electrons. The van der Waals surface area contributed by atoms with Gasteiger partial charge in [0.1, 0.15) is 5.75 Å². The molecule has 1 aromatic rings. The van der Waals surface area contributed by atoms with Gasteiger partial charge in [0.15, 0.2) is 5.78 Å². The summed E-state index contributed by atoms with van der Waals surface area (Å²) in [7, 11) is 0. The van der Waals surface area contributed by atoms with Crippen LogP contribution in [0.5, 0.6) is 5.75 Å². The Bertz CT molecular complexity index is 396. The minimum absolute atomic E-state index is 0.0704.